The zero-order chi connectivity index (χ0) is 23.1. The summed E-state index contributed by atoms with van der Waals surface area (Å²) in [6.45, 7) is 1.77. The molecular weight excluding hydrogens is 414 g/mol. The van der Waals surface area contributed by atoms with Gasteiger partial charge in [0.2, 0.25) is 0 Å². The highest BCUT2D eigenvalue weighted by atomic mass is 16.1. The van der Waals surface area contributed by atoms with Gasteiger partial charge in [0, 0.05) is 12.6 Å². The van der Waals surface area contributed by atoms with Crippen LogP contribution in [0, 0.1) is 18.3 Å². The average molecular weight is 433 g/mol. The lowest BCUT2D eigenvalue weighted by Crippen LogP contribution is -2.22. The summed E-state index contributed by atoms with van der Waals surface area (Å²) in [4.78, 5) is 35.3. The van der Waals surface area contributed by atoms with Gasteiger partial charge in [-0.25, -0.2) is 9.97 Å². The maximum atomic E-state index is 13.2. The summed E-state index contributed by atoms with van der Waals surface area (Å²) in [5, 5.41) is 10.3. The third-order valence-corrected chi connectivity index (χ3v) is 5.82. The smallest absolute Gasteiger partial charge is 0.265 e. The Morgan fingerprint density at radius 1 is 0.939 bits per heavy atom. The fraction of sp³-hybridized carbons (Fsp3) is 0.115. The van der Waals surface area contributed by atoms with Gasteiger partial charge in [-0.1, -0.05) is 24.3 Å². The molecule has 2 aromatic heterocycles. The Hall–Kier alpha value is -4.57. The zero-order valence-electron chi connectivity index (χ0n) is 18.1. The summed E-state index contributed by atoms with van der Waals surface area (Å²) in [5.74, 6) is -0.436. The molecule has 7 nitrogen and oxygen atoms in total. The SMILES string of the molecule is Cc1nc2ccccc2c(=O)n1-c1ccc(C(=O)C(C#N)c2nc3ccccc3n2C)cc1. The van der Waals surface area contributed by atoms with Crippen LogP contribution in [-0.2, 0) is 7.05 Å². The zero-order valence-corrected chi connectivity index (χ0v) is 18.1. The van der Waals surface area contributed by atoms with E-state index < -0.39 is 5.92 Å². The molecule has 2 heterocycles. The van der Waals surface area contributed by atoms with Crippen LogP contribution < -0.4 is 5.56 Å². The van der Waals surface area contributed by atoms with Crippen LogP contribution in [0.2, 0.25) is 0 Å². The maximum absolute atomic E-state index is 13.2. The second-order valence-corrected chi connectivity index (χ2v) is 7.81. The molecule has 33 heavy (non-hydrogen) atoms. The minimum Gasteiger partial charge on any atom is -0.330 e. The van der Waals surface area contributed by atoms with Crippen LogP contribution in [0.5, 0.6) is 0 Å². The van der Waals surface area contributed by atoms with Crippen molar-refractivity contribution in [1.29, 1.82) is 5.26 Å². The predicted molar refractivity (Wildman–Crippen MR) is 125 cm³/mol. The van der Waals surface area contributed by atoms with Gasteiger partial charge in [0.1, 0.15) is 11.6 Å². The average Bonchev–Trinajstić information content (AvgIpc) is 3.16. The fourth-order valence-electron chi connectivity index (χ4n) is 4.15. The van der Waals surface area contributed by atoms with E-state index in [0.717, 1.165) is 11.0 Å². The second-order valence-electron chi connectivity index (χ2n) is 7.81. The first-order valence-corrected chi connectivity index (χ1v) is 10.4. The minimum atomic E-state index is -1.04. The van der Waals surface area contributed by atoms with Crippen LogP contribution in [0.3, 0.4) is 0 Å². The Morgan fingerprint density at radius 3 is 2.30 bits per heavy atom. The van der Waals surface area contributed by atoms with E-state index in [1.807, 2.05) is 30.3 Å². The number of carbonyl (C=O) groups is 1. The van der Waals surface area contributed by atoms with Gasteiger partial charge in [0.15, 0.2) is 11.7 Å². The van der Waals surface area contributed by atoms with Gasteiger partial charge in [-0.15, -0.1) is 0 Å². The molecule has 0 aliphatic carbocycles. The van der Waals surface area contributed by atoms with E-state index in [2.05, 4.69) is 16.0 Å². The van der Waals surface area contributed by atoms with Crippen molar-refractivity contribution in [2.24, 2.45) is 7.05 Å². The molecule has 0 saturated heterocycles. The number of rotatable bonds is 4. The van der Waals surface area contributed by atoms with Crippen LogP contribution >= 0.6 is 0 Å². The van der Waals surface area contributed by atoms with Crippen molar-refractivity contribution < 1.29 is 4.79 Å². The number of ketones is 1. The van der Waals surface area contributed by atoms with Gasteiger partial charge in [-0.05, 0) is 55.5 Å². The second kappa shape index (κ2) is 7.84. The first-order chi connectivity index (χ1) is 16.0. The molecule has 5 rings (SSSR count). The van der Waals surface area contributed by atoms with E-state index in [0.29, 0.717) is 33.8 Å². The molecule has 1 atom stereocenters. The highest BCUT2D eigenvalue weighted by molar-refractivity contribution is 6.02. The molecule has 0 amide bonds. The number of benzene rings is 3. The Kier molecular flexibility index (Phi) is 4.83. The van der Waals surface area contributed by atoms with Crippen LogP contribution in [0.15, 0.2) is 77.6 Å². The lowest BCUT2D eigenvalue weighted by molar-refractivity contribution is 0.0975. The molecule has 7 heteroatoms. The van der Waals surface area contributed by atoms with Crippen molar-refractivity contribution in [1.82, 2.24) is 19.1 Å². The molecular formula is C26H19N5O2. The lowest BCUT2D eigenvalue weighted by atomic mass is 9.98. The number of nitriles is 1. The van der Waals surface area contributed by atoms with Crippen LogP contribution in [0.1, 0.15) is 27.9 Å². The molecule has 0 fully saturated rings. The third-order valence-electron chi connectivity index (χ3n) is 5.82. The number of carbonyl (C=O) groups excluding carboxylic acids is 1. The van der Waals surface area contributed by atoms with Crippen molar-refractivity contribution in [2.45, 2.75) is 12.8 Å². The molecule has 0 radical (unpaired) electrons. The van der Waals surface area contributed by atoms with Crippen LogP contribution in [0.4, 0.5) is 0 Å². The Bertz CT molecular complexity index is 1640. The monoisotopic (exact) mass is 433 g/mol. The third kappa shape index (κ3) is 3.29. The van der Waals surface area contributed by atoms with E-state index in [1.54, 1.807) is 61.0 Å². The molecule has 0 N–H and O–H groups in total. The summed E-state index contributed by atoms with van der Waals surface area (Å²) >= 11 is 0. The largest absolute Gasteiger partial charge is 0.330 e. The number of para-hydroxylation sites is 3. The number of hydrogen-bond acceptors (Lipinski definition) is 5. The van der Waals surface area contributed by atoms with E-state index in [-0.39, 0.29) is 11.3 Å². The van der Waals surface area contributed by atoms with Crippen molar-refractivity contribution in [3.8, 4) is 11.8 Å². The van der Waals surface area contributed by atoms with Crippen molar-refractivity contribution in [3.05, 3.63) is 100 Å². The highest BCUT2D eigenvalue weighted by Crippen LogP contribution is 2.24. The Labute approximate surface area is 189 Å². The van der Waals surface area contributed by atoms with Gasteiger partial charge in [-0.2, -0.15) is 5.26 Å². The van der Waals surface area contributed by atoms with Crippen LogP contribution in [0.25, 0.3) is 27.6 Å². The van der Waals surface area contributed by atoms with Crippen LogP contribution in [-0.4, -0.2) is 24.9 Å². The number of Topliss-reactive ketones (excluding diaryl/α,β-unsaturated/α-hetero) is 1. The van der Waals surface area contributed by atoms with Gasteiger partial charge in [0.25, 0.3) is 5.56 Å². The molecule has 0 bridgehead atoms. The summed E-state index contributed by atoms with van der Waals surface area (Å²) in [6.07, 6.45) is 0. The van der Waals surface area contributed by atoms with Crippen molar-refractivity contribution in [2.75, 3.05) is 0 Å². The number of imidazole rings is 1. The number of aromatic nitrogens is 4. The maximum Gasteiger partial charge on any atom is 0.265 e. The van der Waals surface area contributed by atoms with Crippen molar-refractivity contribution in [3.63, 3.8) is 0 Å². The molecule has 0 spiro atoms. The van der Waals surface area contributed by atoms with Crippen molar-refractivity contribution >= 4 is 27.7 Å². The van der Waals surface area contributed by atoms with Gasteiger partial charge >= 0.3 is 0 Å². The topological polar surface area (TPSA) is 93.6 Å². The molecule has 0 saturated carbocycles. The summed E-state index contributed by atoms with van der Waals surface area (Å²) in [5.41, 5.74) is 3.03. The van der Waals surface area contributed by atoms with Gasteiger partial charge in [0.05, 0.1) is 33.7 Å². The number of aryl methyl sites for hydroxylation is 2. The van der Waals surface area contributed by atoms with E-state index in [4.69, 9.17) is 0 Å². The molecule has 0 aliphatic rings. The summed E-state index contributed by atoms with van der Waals surface area (Å²) < 4.78 is 3.29. The minimum absolute atomic E-state index is 0.174. The molecule has 160 valence electrons. The number of fused-ring (bicyclic) bond motifs is 2. The highest BCUT2D eigenvalue weighted by Gasteiger charge is 2.27. The predicted octanol–water partition coefficient (Wildman–Crippen LogP) is 4.07. The Balaban J connectivity index is 1.52. The van der Waals surface area contributed by atoms with Gasteiger partial charge in [-0.3, -0.25) is 14.2 Å². The van der Waals surface area contributed by atoms with E-state index in [1.165, 1.54) is 4.57 Å². The van der Waals surface area contributed by atoms with E-state index in [9.17, 15) is 14.9 Å². The number of hydrogen-bond donors (Lipinski definition) is 0. The quantitative estimate of drug-likeness (QED) is 0.398. The van der Waals surface area contributed by atoms with Gasteiger partial charge < -0.3 is 4.57 Å². The first-order valence-electron chi connectivity index (χ1n) is 10.4. The summed E-state index contributed by atoms with van der Waals surface area (Å²) in [7, 11) is 1.80. The number of nitrogens with zero attached hydrogens (tertiary/aromatic N) is 5. The summed E-state index contributed by atoms with van der Waals surface area (Å²) in [6, 6.07) is 23.5. The molecule has 3 aromatic carbocycles. The molecule has 0 aliphatic heterocycles. The first kappa shape index (κ1) is 20.3. The lowest BCUT2D eigenvalue weighted by Gasteiger charge is -2.12. The molecule has 1 unspecified atom stereocenters. The normalized spacial score (nSPS) is 12.0. The molecule has 5 aromatic rings. The van der Waals surface area contributed by atoms with E-state index >= 15 is 0 Å². The fourth-order valence-corrected chi connectivity index (χ4v) is 4.15. The standard InChI is InChI=1S/C26H19N5O2/c1-16-28-21-8-4-3-7-19(21)26(33)31(16)18-13-11-17(12-14-18)24(32)20(15-27)25-29-22-9-5-6-10-23(22)30(25)2/h3-14,20H,1-2H3. The Morgan fingerprint density at radius 2 is 1.61 bits per heavy atom.